The van der Waals surface area contributed by atoms with Crippen LogP contribution in [-0.2, 0) is 20.3 Å². The second kappa shape index (κ2) is 10.2. The number of amides is 1. The van der Waals surface area contributed by atoms with Gasteiger partial charge < -0.3 is 14.8 Å². The molecule has 3 aromatic rings. The van der Waals surface area contributed by atoms with Gasteiger partial charge in [0.05, 0.1) is 22.4 Å². The molecule has 1 aliphatic heterocycles. The molecule has 1 heterocycles. The van der Waals surface area contributed by atoms with E-state index in [-0.39, 0.29) is 22.7 Å². The molecule has 0 aliphatic carbocycles. The van der Waals surface area contributed by atoms with Crippen LogP contribution in [-0.4, -0.2) is 33.6 Å². The van der Waals surface area contributed by atoms with Crippen molar-refractivity contribution < 1.29 is 22.7 Å². The summed E-state index contributed by atoms with van der Waals surface area (Å²) in [6.45, 7) is 3.16. The summed E-state index contributed by atoms with van der Waals surface area (Å²) in [5.74, 6) is 0.181. The van der Waals surface area contributed by atoms with E-state index in [2.05, 4.69) is 5.32 Å². The molecule has 0 saturated carbocycles. The van der Waals surface area contributed by atoms with Gasteiger partial charge in [0.25, 0.3) is 5.91 Å². The number of hydrogen-bond acceptors (Lipinski definition) is 5. The smallest absolute Gasteiger partial charge is 0.255 e. The Hall–Kier alpha value is -3.16. The van der Waals surface area contributed by atoms with Crippen molar-refractivity contribution >= 4 is 21.4 Å². The Bertz CT molecular complexity index is 1200. The third-order valence-electron chi connectivity index (χ3n) is 5.51. The number of aryl methyl sites for hydroxylation is 1. The topological polar surface area (TPSA) is 81.7 Å². The lowest BCUT2D eigenvalue weighted by Crippen LogP contribution is -2.18. The fraction of sp³-hybridized carbons (Fsp3) is 0.269. The van der Waals surface area contributed by atoms with E-state index < -0.39 is 9.84 Å². The maximum Gasteiger partial charge on any atom is 0.255 e. The van der Waals surface area contributed by atoms with Crippen molar-refractivity contribution in [1.29, 1.82) is 0 Å². The predicted octanol–water partition coefficient (Wildman–Crippen LogP) is 4.78. The van der Waals surface area contributed by atoms with E-state index in [9.17, 15) is 13.2 Å². The molecule has 1 amide bonds. The number of rotatable bonds is 8. The zero-order valence-electron chi connectivity index (χ0n) is 18.5. The van der Waals surface area contributed by atoms with E-state index in [1.165, 1.54) is 0 Å². The molecule has 7 heteroatoms. The number of carbonyl (C=O) groups excluding carboxylic acids is 1. The van der Waals surface area contributed by atoms with Crippen LogP contribution in [0.2, 0.25) is 0 Å². The van der Waals surface area contributed by atoms with Crippen molar-refractivity contribution in [2.75, 3.05) is 18.5 Å². The van der Waals surface area contributed by atoms with E-state index in [0.29, 0.717) is 29.2 Å². The van der Waals surface area contributed by atoms with E-state index in [4.69, 9.17) is 9.47 Å². The minimum absolute atomic E-state index is 0.0776. The number of nitrogens with one attached hydrogen (secondary N) is 1. The summed E-state index contributed by atoms with van der Waals surface area (Å²) in [5.41, 5.74) is 2.66. The minimum Gasteiger partial charge on any atom is -0.489 e. The van der Waals surface area contributed by atoms with Gasteiger partial charge in [-0.2, -0.15) is 0 Å². The second-order valence-corrected chi connectivity index (χ2v) is 10.2. The lowest BCUT2D eigenvalue weighted by molar-refractivity contribution is 0.0681. The number of carbonyl (C=O) groups is 1. The van der Waals surface area contributed by atoms with E-state index in [1.54, 1.807) is 54.6 Å². The quantitative estimate of drug-likeness (QED) is 0.518. The molecular formula is C26H27NO5S. The molecule has 1 aliphatic rings. The second-order valence-electron chi connectivity index (χ2n) is 8.17. The highest BCUT2D eigenvalue weighted by Crippen LogP contribution is 2.27. The van der Waals surface area contributed by atoms with Crippen LogP contribution in [0.4, 0.5) is 5.69 Å². The Morgan fingerprint density at radius 2 is 1.82 bits per heavy atom. The van der Waals surface area contributed by atoms with Gasteiger partial charge in [-0.1, -0.05) is 36.4 Å². The van der Waals surface area contributed by atoms with Crippen LogP contribution >= 0.6 is 0 Å². The molecule has 1 N–H and O–H groups in total. The van der Waals surface area contributed by atoms with Gasteiger partial charge in [0.1, 0.15) is 12.4 Å². The lowest BCUT2D eigenvalue weighted by atomic mass is 10.1. The van der Waals surface area contributed by atoms with Gasteiger partial charge in [-0.05, 0) is 67.3 Å². The molecule has 0 bridgehead atoms. The van der Waals surface area contributed by atoms with Crippen molar-refractivity contribution in [2.45, 2.75) is 36.5 Å². The summed E-state index contributed by atoms with van der Waals surface area (Å²) in [5, 5.41) is 2.90. The molecule has 0 spiro atoms. The van der Waals surface area contributed by atoms with Crippen LogP contribution < -0.4 is 10.1 Å². The van der Waals surface area contributed by atoms with Crippen molar-refractivity contribution in [2.24, 2.45) is 0 Å². The van der Waals surface area contributed by atoms with Crippen LogP contribution in [0.25, 0.3) is 0 Å². The molecule has 1 saturated heterocycles. The van der Waals surface area contributed by atoms with Gasteiger partial charge >= 0.3 is 0 Å². The summed E-state index contributed by atoms with van der Waals surface area (Å²) in [7, 11) is -3.45. The maximum atomic E-state index is 12.8. The van der Waals surface area contributed by atoms with Gasteiger partial charge in [0.15, 0.2) is 9.84 Å². The molecule has 1 atom stereocenters. The Labute approximate surface area is 194 Å². The predicted molar refractivity (Wildman–Crippen MR) is 127 cm³/mol. The van der Waals surface area contributed by atoms with Gasteiger partial charge in [0, 0.05) is 12.2 Å². The van der Waals surface area contributed by atoms with Crippen LogP contribution in [0.5, 0.6) is 5.75 Å². The molecule has 1 unspecified atom stereocenters. The third-order valence-corrected chi connectivity index (χ3v) is 7.21. The zero-order valence-corrected chi connectivity index (χ0v) is 19.3. The van der Waals surface area contributed by atoms with Gasteiger partial charge in [-0.25, -0.2) is 8.42 Å². The highest BCUT2D eigenvalue weighted by atomic mass is 32.2. The number of hydrogen-bond donors (Lipinski definition) is 1. The van der Waals surface area contributed by atoms with E-state index in [0.717, 1.165) is 25.0 Å². The van der Waals surface area contributed by atoms with E-state index >= 15 is 0 Å². The Balaban J connectivity index is 1.42. The largest absolute Gasteiger partial charge is 0.489 e. The van der Waals surface area contributed by atoms with E-state index in [1.807, 2.05) is 25.1 Å². The molecule has 3 aromatic carbocycles. The zero-order chi connectivity index (χ0) is 23.3. The van der Waals surface area contributed by atoms with Gasteiger partial charge in [0.2, 0.25) is 0 Å². The maximum absolute atomic E-state index is 12.8. The molecule has 1 fully saturated rings. The summed E-state index contributed by atoms with van der Waals surface area (Å²) in [6, 6.07) is 20.5. The van der Waals surface area contributed by atoms with Crippen molar-refractivity contribution in [3.8, 4) is 5.75 Å². The Kier molecular flexibility index (Phi) is 7.11. The molecule has 172 valence electrons. The normalized spacial score (nSPS) is 15.8. The van der Waals surface area contributed by atoms with Crippen molar-refractivity contribution in [1.82, 2.24) is 0 Å². The first-order chi connectivity index (χ1) is 15.9. The molecule has 6 nitrogen and oxygen atoms in total. The highest BCUT2D eigenvalue weighted by molar-refractivity contribution is 7.90. The fourth-order valence-corrected chi connectivity index (χ4v) is 5.06. The standard InChI is InChI=1S/C26H27NO5S/c1-19-9-14-24(25(16-19)32-17-22-6-5-15-31-22)27-26(28)21-12-10-20(11-13-21)18-33(29,30)23-7-3-2-4-8-23/h2-4,7-14,16,22H,5-6,15,17-18H2,1H3,(H,27,28). The molecule has 0 radical (unpaired) electrons. The molecule has 0 aromatic heterocycles. The SMILES string of the molecule is Cc1ccc(NC(=O)c2ccc(CS(=O)(=O)c3ccccc3)cc2)c(OCC2CCCO2)c1. The highest BCUT2D eigenvalue weighted by Gasteiger charge is 2.18. The first-order valence-electron chi connectivity index (χ1n) is 10.9. The number of benzene rings is 3. The Morgan fingerprint density at radius 1 is 1.06 bits per heavy atom. The monoisotopic (exact) mass is 465 g/mol. The third kappa shape index (κ3) is 6.00. The number of sulfone groups is 1. The number of ether oxygens (including phenoxy) is 2. The van der Waals surface area contributed by atoms with Crippen LogP contribution in [0.15, 0.2) is 77.7 Å². The summed E-state index contributed by atoms with van der Waals surface area (Å²) in [4.78, 5) is 13.1. The summed E-state index contributed by atoms with van der Waals surface area (Å²) < 4.78 is 36.7. The molecule has 4 rings (SSSR count). The summed E-state index contributed by atoms with van der Waals surface area (Å²) in [6.07, 6.45) is 2.09. The molecule has 33 heavy (non-hydrogen) atoms. The van der Waals surface area contributed by atoms with Crippen LogP contribution in [0, 0.1) is 6.92 Å². The van der Waals surface area contributed by atoms with Gasteiger partial charge in [-0.3, -0.25) is 4.79 Å². The lowest BCUT2D eigenvalue weighted by Gasteiger charge is -2.16. The average molecular weight is 466 g/mol. The molecular weight excluding hydrogens is 438 g/mol. The fourth-order valence-electron chi connectivity index (χ4n) is 3.69. The summed E-state index contributed by atoms with van der Waals surface area (Å²) >= 11 is 0. The first kappa shape index (κ1) is 23.0. The average Bonchev–Trinajstić information content (AvgIpc) is 3.34. The van der Waals surface area contributed by atoms with Crippen LogP contribution in [0.1, 0.15) is 34.3 Å². The minimum atomic E-state index is -3.45. The Morgan fingerprint density at radius 3 is 2.52 bits per heavy atom. The van der Waals surface area contributed by atoms with Crippen molar-refractivity contribution in [3.05, 3.63) is 89.5 Å². The van der Waals surface area contributed by atoms with Gasteiger partial charge in [-0.15, -0.1) is 0 Å². The van der Waals surface area contributed by atoms with Crippen molar-refractivity contribution in [3.63, 3.8) is 0 Å². The van der Waals surface area contributed by atoms with Crippen LogP contribution in [0.3, 0.4) is 0 Å². The number of anilines is 1. The first-order valence-corrected chi connectivity index (χ1v) is 12.6.